The van der Waals surface area contributed by atoms with E-state index >= 15 is 0 Å². The Morgan fingerprint density at radius 3 is 2.76 bits per heavy atom. The van der Waals surface area contributed by atoms with Crippen molar-refractivity contribution in [1.82, 2.24) is 20.4 Å². The maximum atomic E-state index is 5.57. The molecule has 0 amide bonds. The lowest BCUT2D eigenvalue weighted by molar-refractivity contribution is -0.0165. The van der Waals surface area contributed by atoms with Gasteiger partial charge in [-0.15, -0.1) is 35.3 Å². The fourth-order valence-electron chi connectivity index (χ4n) is 4.20. The first kappa shape index (κ1) is 24.8. The zero-order valence-corrected chi connectivity index (χ0v) is 21.2. The number of nitrogens with zero attached hydrogens (tertiary/aromatic N) is 3. The van der Waals surface area contributed by atoms with Crippen LogP contribution in [0.5, 0.6) is 0 Å². The minimum absolute atomic E-state index is 0. The molecule has 0 spiro atoms. The number of halogens is 1. The van der Waals surface area contributed by atoms with Crippen LogP contribution in [0.1, 0.15) is 44.5 Å². The third kappa shape index (κ3) is 7.34. The lowest BCUT2D eigenvalue weighted by atomic mass is 10.2. The molecule has 0 aromatic carbocycles. The van der Waals surface area contributed by atoms with E-state index in [1.165, 1.54) is 30.8 Å². The number of thiophene rings is 1. The van der Waals surface area contributed by atoms with Crippen molar-refractivity contribution in [2.24, 2.45) is 4.99 Å². The standard InChI is InChI=1S/C21H37N5OS.HI/c1-4-22-21(23-14-17(2)26-11-12-27-16-18(26)3)24-15-19(20-8-7-13-28-20)25-9-5-6-10-25;/h7-8,13,17-19H,4-6,9-12,14-16H2,1-3H3,(H2,22,23,24);1H. The molecule has 0 saturated carbocycles. The number of guanidine groups is 1. The van der Waals surface area contributed by atoms with Gasteiger partial charge in [-0.2, -0.15) is 0 Å². The van der Waals surface area contributed by atoms with Crippen molar-refractivity contribution >= 4 is 41.3 Å². The molecule has 1 aromatic heterocycles. The Hall–Kier alpha value is -0.420. The van der Waals surface area contributed by atoms with E-state index in [2.05, 4.69) is 58.7 Å². The van der Waals surface area contributed by atoms with Crippen molar-refractivity contribution in [2.75, 3.05) is 52.5 Å². The Morgan fingerprint density at radius 1 is 1.31 bits per heavy atom. The van der Waals surface area contributed by atoms with Crippen molar-refractivity contribution in [2.45, 2.75) is 51.7 Å². The first-order valence-corrected chi connectivity index (χ1v) is 11.7. The van der Waals surface area contributed by atoms with Gasteiger partial charge in [-0.3, -0.25) is 14.8 Å². The third-order valence-corrected chi connectivity index (χ3v) is 6.73. The summed E-state index contributed by atoms with van der Waals surface area (Å²) in [6.45, 7) is 14.3. The van der Waals surface area contributed by atoms with E-state index in [0.29, 0.717) is 18.1 Å². The zero-order chi connectivity index (χ0) is 19.8. The molecule has 2 N–H and O–H groups in total. The Kier molecular flexibility index (Phi) is 11.2. The summed E-state index contributed by atoms with van der Waals surface area (Å²) in [5.74, 6) is 0.927. The molecule has 0 radical (unpaired) electrons. The van der Waals surface area contributed by atoms with Crippen molar-refractivity contribution in [3.05, 3.63) is 22.4 Å². The van der Waals surface area contributed by atoms with Crippen LogP contribution in [0.2, 0.25) is 0 Å². The molecule has 3 unspecified atom stereocenters. The number of hydrogen-bond acceptors (Lipinski definition) is 5. The Morgan fingerprint density at radius 2 is 2.10 bits per heavy atom. The maximum absolute atomic E-state index is 5.57. The van der Waals surface area contributed by atoms with Crippen LogP contribution in [0.25, 0.3) is 0 Å². The summed E-state index contributed by atoms with van der Waals surface area (Å²) in [6, 6.07) is 5.74. The summed E-state index contributed by atoms with van der Waals surface area (Å²) in [7, 11) is 0. The topological polar surface area (TPSA) is 52.1 Å². The van der Waals surface area contributed by atoms with Gasteiger partial charge in [0.25, 0.3) is 0 Å². The Labute approximate surface area is 197 Å². The summed E-state index contributed by atoms with van der Waals surface area (Å²) >= 11 is 1.86. The minimum atomic E-state index is 0. The van der Waals surface area contributed by atoms with Gasteiger partial charge in [0.05, 0.1) is 25.8 Å². The lowest BCUT2D eigenvalue weighted by Crippen LogP contribution is -2.50. The van der Waals surface area contributed by atoms with Gasteiger partial charge in [-0.1, -0.05) is 6.07 Å². The maximum Gasteiger partial charge on any atom is 0.191 e. The van der Waals surface area contributed by atoms with Crippen LogP contribution in [0, 0.1) is 0 Å². The molecular formula is C21H38IN5OS. The van der Waals surface area contributed by atoms with Crippen LogP contribution < -0.4 is 10.6 Å². The summed E-state index contributed by atoms with van der Waals surface area (Å²) < 4.78 is 5.57. The number of hydrogen-bond donors (Lipinski definition) is 2. The number of ether oxygens (including phenoxy) is 1. The molecule has 2 saturated heterocycles. The monoisotopic (exact) mass is 535 g/mol. The Balaban J connectivity index is 0.00000300. The molecule has 1 aromatic rings. The van der Waals surface area contributed by atoms with E-state index in [4.69, 9.17) is 9.73 Å². The summed E-state index contributed by atoms with van der Waals surface area (Å²) in [5.41, 5.74) is 0. The van der Waals surface area contributed by atoms with E-state index in [1.807, 2.05) is 11.3 Å². The highest BCUT2D eigenvalue weighted by Crippen LogP contribution is 2.27. The van der Waals surface area contributed by atoms with Crippen molar-refractivity contribution in [3.8, 4) is 0 Å². The smallest absolute Gasteiger partial charge is 0.191 e. The van der Waals surface area contributed by atoms with Crippen LogP contribution in [0.4, 0.5) is 0 Å². The normalized spacial score (nSPS) is 23.4. The van der Waals surface area contributed by atoms with Crippen LogP contribution in [0.3, 0.4) is 0 Å². The number of likely N-dealkylation sites (tertiary alicyclic amines) is 1. The average molecular weight is 536 g/mol. The summed E-state index contributed by atoms with van der Waals surface area (Å²) in [6.07, 6.45) is 2.62. The van der Waals surface area contributed by atoms with Crippen molar-refractivity contribution in [3.63, 3.8) is 0 Å². The molecule has 6 nitrogen and oxygen atoms in total. The fraction of sp³-hybridized carbons (Fsp3) is 0.762. The van der Waals surface area contributed by atoms with Gasteiger partial charge in [0.15, 0.2) is 5.96 Å². The van der Waals surface area contributed by atoms with E-state index in [0.717, 1.165) is 45.4 Å². The van der Waals surface area contributed by atoms with Crippen LogP contribution in [-0.4, -0.2) is 80.3 Å². The molecule has 0 bridgehead atoms. The van der Waals surface area contributed by atoms with E-state index in [1.54, 1.807) is 0 Å². The first-order chi connectivity index (χ1) is 13.7. The van der Waals surface area contributed by atoms with Crippen LogP contribution in [-0.2, 0) is 4.74 Å². The predicted molar refractivity (Wildman–Crippen MR) is 134 cm³/mol. The van der Waals surface area contributed by atoms with Crippen LogP contribution in [0.15, 0.2) is 22.5 Å². The highest BCUT2D eigenvalue weighted by atomic mass is 127. The van der Waals surface area contributed by atoms with Gasteiger partial charge in [-0.05, 0) is 58.1 Å². The molecule has 3 heterocycles. The second-order valence-electron chi connectivity index (χ2n) is 7.89. The Bertz CT molecular complexity index is 594. The van der Waals surface area contributed by atoms with Gasteiger partial charge in [0.2, 0.25) is 0 Å². The predicted octanol–water partition coefficient (Wildman–Crippen LogP) is 3.17. The SMILES string of the molecule is CCNC(=NCC(C)N1CCOCC1C)NCC(c1cccs1)N1CCCC1.I. The molecule has 29 heavy (non-hydrogen) atoms. The molecule has 166 valence electrons. The highest BCUT2D eigenvalue weighted by Gasteiger charge is 2.25. The second kappa shape index (κ2) is 13.1. The zero-order valence-electron chi connectivity index (χ0n) is 18.1. The van der Waals surface area contributed by atoms with Crippen molar-refractivity contribution in [1.29, 1.82) is 0 Å². The minimum Gasteiger partial charge on any atom is -0.379 e. The summed E-state index contributed by atoms with van der Waals surface area (Å²) in [5, 5.41) is 9.22. The van der Waals surface area contributed by atoms with Gasteiger partial charge < -0.3 is 15.4 Å². The fourth-order valence-corrected chi connectivity index (χ4v) is 5.06. The summed E-state index contributed by atoms with van der Waals surface area (Å²) in [4.78, 5) is 11.5. The molecule has 8 heteroatoms. The average Bonchev–Trinajstić information content (AvgIpc) is 3.41. The molecule has 3 rings (SSSR count). The molecule has 2 aliphatic heterocycles. The number of morpholine rings is 1. The van der Waals surface area contributed by atoms with Gasteiger partial charge in [0, 0.05) is 36.6 Å². The lowest BCUT2D eigenvalue weighted by Gasteiger charge is -2.37. The largest absolute Gasteiger partial charge is 0.379 e. The van der Waals surface area contributed by atoms with Gasteiger partial charge in [-0.25, -0.2) is 0 Å². The molecule has 2 fully saturated rings. The van der Waals surface area contributed by atoms with E-state index in [-0.39, 0.29) is 24.0 Å². The van der Waals surface area contributed by atoms with E-state index < -0.39 is 0 Å². The van der Waals surface area contributed by atoms with Gasteiger partial charge in [0.1, 0.15) is 0 Å². The molecule has 2 aliphatic rings. The van der Waals surface area contributed by atoms with E-state index in [9.17, 15) is 0 Å². The quantitative estimate of drug-likeness (QED) is 0.305. The third-order valence-electron chi connectivity index (χ3n) is 5.76. The van der Waals surface area contributed by atoms with Crippen molar-refractivity contribution < 1.29 is 4.74 Å². The highest BCUT2D eigenvalue weighted by molar-refractivity contribution is 14.0. The molecule has 0 aliphatic carbocycles. The van der Waals surface area contributed by atoms with Gasteiger partial charge >= 0.3 is 0 Å². The number of aliphatic imine (C=N–C) groups is 1. The first-order valence-electron chi connectivity index (χ1n) is 10.8. The number of nitrogens with one attached hydrogen (secondary N) is 2. The second-order valence-corrected chi connectivity index (χ2v) is 8.86. The number of rotatable bonds is 8. The van der Waals surface area contributed by atoms with Crippen LogP contribution >= 0.6 is 35.3 Å². The molecule has 3 atom stereocenters. The molecular weight excluding hydrogens is 497 g/mol.